The van der Waals surface area contributed by atoms with Gasteiger partial charge in [0.2, 0.25) is 0 Å². The molecule has 0 saturated carbocycles. The van der Waals surface area contributed by atoms with Gasteiger partial charge in [-0.2, -0.15) is 5.10 Å². The number of hydrazine groups is 1. The minimum atomic E-state index is -0.162. The number of hydrogen-bond acceptors (Lipinski definition) is 4. The van der Waals surface area contributed by atoms with E-state index in [0.717, 1.165) is 23.5 Å². The molecule has 0 aromatic carbocycles. The summed E-state index contributed by atoms with van der Waals surface area (Å²) in [6.07, 6.45) is 0.594. The Morgan fingerprint density at radius 3 is 2.65 bits per heavy atom. The molecule has 4 nitrogen and oxygen atoms in total. The summed E-state index contributed by atoms with van der Waals surface area (Å²) in [5.41, 5.74) is 5.40. The largest absolute Gasteiger partial charge is 0.271 e. The van der Waals surface area contributed by atoms with Crippen LogP contribution in [0.3, 0.4) is 0 Å². The Balaban J connectivity index is 2.34. The van der Waals surface area contributed by atoms with E-state index in [4.69, 9.17) is 40.6 Å². The third-order valence-electron chi connectivity index (χ3n) is 3.11. The molecule has 2 rings (SSSR count). The van der Waals surface area contributed by atoms with Crippen molar-refractivity contribution < 1.29 is 0 Å². The summed E-state index contributed by atoms with van der Waals surface area (Å²) in [4.78, 5) is 0. The average Bonchev–Trinajstić information content (AvgIpc) is 2.88. The Morgan fingerprint density at radius 1 is 1.45 bits per heavy atom. The van der Waals surface area contributed by atoms with Crippen LogP contribution in [0.4, 0.5) is 0 Å². The number of rotatable bonds is 5. The van der Waals surface area contributed by atoms with Gasteiger partial charge in [-0.1, -0.05) is 34.8 Å². The van der Waals surface area contributed by atoms with E-state index >= 15 is 0 Å². The lowest BCUT2D eigenvalue weighted by molar-refractivity contribution is 0.518. The highest BCUT2D eigenvalue weighted by atomic mass is 35.5. The molecule has 110 valence electrons. The standard InChI is InChI=1S/C12H15Cl3N4S/c1-3-19-9(11(14)6(2)18-19)5-8(17-16)7-4-10(13)20-12(7)15/h4,8,17H,3,5,16H2,1-2H3. The minimum absolute atomic E-state index is 0.162. The molecular formula is C12H15Cl3N4S. The van der Waals surface area contributed by atoms with Crippen LogP contribution < -0.4 is 11.3 Å². The highest BCUT2D eigenvalue weighted by molar-refractivity contribution is 7.20. The lowest BCUT2D eigenvalue weighted by Crippen LogP contribution is -2.30. The molecule has 0 spiro atoms. The van der Waals surface area contributed by atoms with Crippen molar-refractivity contribution in [3.63, 3.8) is 0 Å². The molecule has 1 atom stereocenters. The summed E-state index contributed by atoms with van der Waals surface area (Å²) in [7, 11) is 0. The smallest absolute Gasteiger partial charge is 0.0992 e. The van der Waals surface area contributed by atoms with E-state index in [9.17, 15) is 0 Å². The van der Waals surface area contributed by atoms with Crippen LogP contribution in [0.25, 0.3) is 0 Å². The van der Waals surface area contributed by atoms with Crippen LogP contribution in [0.1, 0.15) is 29.9 Å². The van der Waals surface area contributed by atoms with E-state index in [1.165, 1.54) is 11.3 Å². The van der Waals surface area contributed by atoms with Crippen molar-refractivity contribution in [1.82, 2.24) is 15.2 Å². The summed E-state index contributed by atoms with van der Waals surface area (Å²) >= 11 is 19.8. The third-order valence-corrected chi connectivity index (χ3v) is 5.12. The van der Waals surface area contributed by atoms with Crippen LogP contribution in [-0.4, -0.2) is 9.78 Å². The highest BCUT2D eigenvalue weighted by Gasteiger charge is 2.21. The zero-order valence-electron chi connectivity index (χ0n) is 11.1. The molecule has 0 aliphatic rings. The molecule has 0 aliphatic heterocycles. The molecule has 0 fully saturated rings. The Labute approximate surface area is 136 Å². The van der Waals surface area contributed by atoms with Gasteiger partial charge in [-0.05, 0) is 19.9 Å². The number of nitrogens with two attached hydrogens (primary N) is 1. The molecule has 2 aromatic rings. The molecule has 3 N–H and O–H groups in total. The minimum Gasteiger partial charge on any atom is -0.271 e. The van der Waals surface area contributed by atoms with Crippen molar-refractivity contribution >= 4 is 46.1 Å². The average molecular weight is 354 g/mol. The van der Waals surface area contributed by atoms with Crippen LogP contribution in [0.5, 0.6) is 0 Å². The number of halogens is 3. The molecule has 0 saturated heterocycles. The van der Waals surface area contributed by atoms with Gasteiger partial charge in [0.25, 0.3) is 0 Å². The first-order chi connectivity index (χ1) is 9.47. The quantitative estimate of drug-likeness (QED) is 0.631. The zero-order chi connectivity index (χ0) is 14.9. The predicted octanol–water partition coefficient (Wildman–Crippen LogP) is 3.98. The van der Waals surface area contributed by atoms with E-state index in [2.05, 4.69) is 10.5 Å². The molecule has 1 unspecified atom stereocenters. The van der Waals surface area contributed by atoms with Crippen molar-refractivity contribution in [2.45, 2.75) is 32.9 Å². The van der Waals surface area contributed by atoms with Crippen molar-refractivity contribution in [1.29, 1.82) is 0 Å². The number of aromatic nitrogens is 2. The van der Waals surface area contributed by atoms with Crippen molar-refractivity contribution in [2.75, 3.05) is 0 Å². The molecular weight excluding hydrogens is 339 g/mol. The molecule has 8 heteroatoms. The fraction of sp³-hybridized carbons (Fsp3) is 0.417. The van der Waals surface area contributed by atoms with Crippen LogP contribution in [0, 0.1) is 6.92 Å². The number of nitrogens with one attached hydrogen (secondary N) is 1. The number of hydrogen-bond donors (Lipinski definition) is 2. The number of nitrogens with zero attached hydrogens (tertiary/aromatic N) is 2. The first-order valence-corrected chi connectivity index (χ1v) is 8.05. The van der Waals surface area contributed by atoms with Crippen molar-refractivity contribution in [3.05, 3.63) is 36.7 Å². The zero-order valence-corrected chi connectivity index (χ0v) is 14.2. The van der Waals surface area contributed by atoms with Gasteiger partial charge in [-0.3, -0.25) is 16.0 Å². The van der Waals surface area contributed by atoms with Gasteiger partial charge in [0.15, 0.2) is 0 Å². The highest BCUT2D eigenvalue weighted by Crippen LogP contribution is 2.36. The van der Waals surface area contributed by atoms with E-state index < -0.39 is 0 Å². The van der Waals surface area contributed by atoms with E-state index in [1.807, 2.05) is 24.6 Å². The van der Waals surface area contributed by atoms with Gasteiger partial charge in [0.1, 0.15) is 0 Å². The normalized spacial score (nSPS) is 12.9. The number of thiophene rings is 1. The summed E-state index contributed by atoms with van der Waals surface area (Å²) in [5, 5.41) is 5.07. The van der Waals surface area contributed by atoms with Gasteiger partial charge in [-0.15, -0.1) is 11.3 Å². The Morgan fingerprint density at radius 2 is 2.15 bits per heavy atom. The Hall–Kier alpha value is -0.300. The first kappa shape index (κ1) is 16.1. The second-order valence-electron chi connectivity index (χ2n) is 4.36. The van der Waals surface area contributed by atoms with Gasteiger partial charge in [0, 0.05) is 18.5 Å². The molecule has 2 aromatic heterocycles. The van der Waals surface area contributed by atoms with Gasteiger partial charge < -0.3 is 0 Å². The molecule has 2 heterocycles. The first-order valence-electron chi connectivity index (χ1n) is 6.10. The second kappa shape index (κ2) is 6.64. The Kier molecular flexibility index (Phi) is 5.34. The van der Waals surface area contributed by atoms with E-state index in [1.54, 1.807) is 0 Å². The maximum absolute atomic E-state index is 6.32. The lowest BCUT2D eigenvalue weighted by atomic mass is 10.1. The topological polar surface area (TPSA) is 55.9 Å². The van der Waals surface area contributed by atoms with Crippen LogP contribution in [0.15, 0.2) is 6.07 Å². The maximum atomic E-state index is 6.32. The fourth-order valence-electron chi connectivity index (χ4n) is 2.11. The van der Waals surface area contributed by atoms with Gasteiger partial charge >= 0.3 is 0 Å². The van der Waals surface area contributed by atoms with Crippen LogP contribution in [0.2, 0.25) is 13.7 Å². The molecule has 20 heavy (non-hydrogen) atoms. The second-order valence-corrected chi connectivity index (χ2v) is 7.03. The van der Waals surface area contributed by atoms with E-state index in [-0.39, 0.29) is 6.04 Å². The van der Waals surface area contributed by atoms with Gasteiger partial charge in [-0.25, -0.2) is 0 Å². The SMILES string of the molecule is CCn1nc(C)c(Cl)c1CC(NN)c1cc(Cl)sc1Cl. The Bertz CT molecular complexity index is 608. The van der Waals surface area contributed by atoms with Crippen molar-refractivity contribution in [3.8, 4) is 0 Å². The molecule has 0 bridgehead atoms. The molecule has 0 amide bonds. The van der Waals surface area contributed by atoms with E-state index in [0.29, 0.717) is 20.1 Å². The summed E-state index contributed by atoms with van der Waals surface area (Å²) in [6, 6.07) is 1.66. The fourth-order valence-corrected chi connectivity index (χ4v) is 3.90. The molecule has 0 aliphatic carbocycles. The van der Waals surface area contributed by atoms with Gasteiger partial charge in [0.05, 0.1) is 31.1 Å². The third kappa shape index (κ3) is 3.13. The predicted molar refractivity (Wildman–Crippen MR) is 85.8 cm³/mol. The van der Waals surface area contributed by atoms with Crippen LogP contribution in [-0.2, 0) is 13.0 Å². The summed E-state index contributed by atoms with van der Waals surface area (Å²) in [5.74, 6) is 5.66. The number of aryl methyl sites for hydroxylation is 2. The lowest BCUT2D eigenvalue weighted by Gasteiger charge is -2.16. The monoisotopic (exact) mass is 352 g/mol. The summed E-state index contributed by atoms with van der Waals surface area (Å²) in [6.45, 7) is 4.65. The summed E-state index contributed by atoms with van der Waals surface area (Å²) < 4.78 is 3.15. The van der Waals surface area contributed by atoms with Crippen LogP contribution >= 0.6 is 46.1 Å². The van der Waals surface area contributed by atoms with Crippen molar-refractivity contribution in [2.24, 2.45) is 5.84 Å². The molecule has 0 radical (unpaired) electrons. The maximum Gasteiger partial charge on any atom is 0.0992 e.